The molecule has 1 amide bonds. The van der Waals surface area contributed by atoms with E-state index in [0.717, 1.165) is 47.3 Å². The van der Waals surface area contributed by atoms with Crippen LogP contribution in [0.3, 0.4) is 0 Å². The van der Waals surface area contributed by atoms with Crippen LogP contribution in [-0.2, 0) is 4.79 Å². The zero-order chi connectivity index (χ0) is 25.7. The second-order valence-corrected chi connectivity index (χ2v) is 9.76. The molecule has 3 aliphatic rings. The van der Waals surface area contributed by atoms with E-state index in [1.807, 2.05) is 29.3 Å². The first-order valence-electron chi connectivity index (χ1n) is 12.2. The molecule has 3 aromatic heterocycles. The average molecular weight is 516 g/mol. The Bertz CT molecular complexity index is 1360. The summed E-state index contributed by atoms with van der Waals surface area (Å²) >= 11 is 0. The van der Waals surface area contributed by atoms with Crippen molar-refractivity contribution in [1.82, 2.24) is 34.5 Å². The maximum Gasteiger partial charge on any atom is 0.416 e. The molecular formula is C25H25F4N7O. The molecule has 2 aliphatic carbocycles. The van der Waals surface area contributed by atoms with Gasteiger partial charge in [0.15, 0.2) is 0 Å². The van der Waals surface area contributed by atoms with Crippen LogP contribution in [0.1, 0.15) is 18.9 Å². The molecule has 1 N–H and O–H groups in total. The first-order chi connectivity index (χ1) is 17.8. The lowest BCUT2D eigenvalue weighted by atomic mass is 9.85. The summed E-state index contributed by atoms with van der Waals surface area (Å²) in [6.45, 7) is 2.16. The predicted octanol–water partition coefficient (Wildman–Crippen LogP) is 3.68. The third-order valence-corrected chi connectivity index (χ3v) is 7.61. The molecular weight excluding hydrogens is 490 g/mol. The van der Waals surface area contributed by atoms with Crippen molar-refractivity contribution >= 4 is 16.9 Å². The van der Waals surface area contributed by atoms with Gasteiger partial charge in [0.25, 0.3) is 0 Å². The summed E-state index contributed by atoms with van der Waals surface area (Å²) in [6.07, 6.45) is 4.80. The lowest BCUT2D eigenvalue weighted by Crippen LogP contribution is -2.56. The van der Waals surface area contributed by atoms with Gasteiger partial charge in [-0.15, -0.1) is 0 Å². The van der Waals surface area contributed by atoms with Gasteiger partial charge in [-0.25, -0.2) is 14.4 Å². The standard InChI is InChI=1S/C25H25F4N7O/c26-21-9-16(25(27,28)29)1-2-19(21)24(37)35-7-5-34(6-8-35)17-10-18(11-17)36-13-15(12-33-36)22-20-3-4-30-23(20)32-14-31-22/h1-4,9,12-14,17-19,21H,5-8,10-11H2,(H,30,31,32). The van der Waals surface area contributed by atoms with E-state index in [4.69, 9.17) is 0 Å². The molecule has 8 nitrogen and oxygen atoms in total. The van der Waals surface area contributed by atoms with Crippen molar-refractivity contribution in [3.63, 3.8) is 0 Å². The largest absolute Gasteiger partial charge is 0.416 e. The van der Waals surface area contributed by atoms with Crippen LogP contribution in [-0.4, -0.2) is 85.0 Å². The van der Waals surface area contributed by atoms with E-state index < -0.39 is 29.7 Å². The summed E-state index contributed by atoms with van der Waals surface area (Å²) < 4.78 is 54.8. The zero-order valence-corrected chi connectivity index (χ0v) is 19.8. The molecule has 1 aliphatic heterocycles. The number of aromatic nitrogens is 5. The van der Waals surface area contributed by atoms with Gasteiger partial charge in [0.05, 0.1) is 29.4 Å². The number of hydrogen-bond acceptors (Lipinski definition) is 5. The number of allylic oxidation sites excluding steroid dienone is 3. The van der Waals surface area contributed by atoms with E-state index in [-0.39, 0.29) is 6.04 Å². The zero-order valence-electron chi connectivity index (χ0n) is 19.8. The number of rotatable bonds is 4. The van der Waals surface area contributed by atoms with Crippen LogP contribution in [0, 0.1) is 5.92 Å². The van der Waals surface area contributed by atoms with E-state index in [1.54, 1.807) is 4.90 Å². The monoisotopic (exact) mass is 515 g/mol. The molecule has 37 heavy (non-hydrogen) atoms. The molecule has 3 aromatic rings. The van der Waals surface area contributed by atoms with Crippen molar-refractivity contribution in [2.45, 2.75) is 37.3 Å². The minimum Gasteiger partial charge on any atom is -0.346 e. The van der Waals surface area contributed by atoms with Crippen molar-refractivity contribution in [3.8, 4) is 11.3 Å². The van der Waals surface area contributed by atoms with Crippen LogP contribution in [0.2, 0.25) is 0 Å². The summed E-state index contributed by atoms with van der Waals surface area (Å²) in [5, 5.41) is 5.50. The van der Waals surface area contributed by atoms with Crippen LogP contribution >= 0.6 is 0 Å². The molecule has 2 atom stereocenters. The van der Waals surface area contributed by atoms with Crippen LogP contribution in [0.4, 0.5) is 17.6 Å². The molecule has 2 unspecified atom stereocenters. The van der Waals surface area contributed by atoms with Crippen molar-refractivity contribution < 1.29 is 22.4 Å². The Morgan fingerprint density at radius 3 is 2.59 bits per heavy atom. The minimum absolute atomic E-state index is 0.274. The minimum atomic E-state index is -4.62. The van der Waals surface area contributed by atoms with Gasteiger partial charge in [0.2, 0.25) is 5.91 Å². The van der Waals surface area contributed by atoms with Gasteiger partial charge in [-0.2, -0.15) is 18.3 Å². The molecule has 2 fully saturated rings. The maximum atomic E-state index is 14.4. The lowest BCUT2D eigenvalue weighted by molar-refractivity contribution is -0.138. The Balaban J connectivity index is 1.01. The molecule has 12 heteroatoms. The first kappa shape index (κ1) is 23.8. The average Bonchev–Trinajstić information content (AvgIpc) is 3.52. The molecule has 0 aromatic carbocycles. The fourth-order valence-electron chi connectivity index (χ4n) is 5.41. The predicted molar refractivity (Wildman–Crippen MR) is 127 cm³/mol. The normalized spacial score (nSPS) is 26.8. The van der Waals surface area contributed by atoms with E-state index in [1.165, 1.54) is 6.33 Å². The highest BCUT2D eigenvalue weighted by Gasteiger charge is 2.41. The number of piperazine rings is 1. The van der Waals surface area contributed by atoms with Crippen molar-refractivity contribution in [2.24, 2.45) is 5.92 Å². The topological polar surface area (TPSA) is 82.9 Å². The van der Waals surface area contributed by atoms with E-state index in [9.17, 15) is 22.4 Å². The summed E-state index contributed by atoms with van der Waals surface area (Å²) in [4.78, 5) is 28.4. The van der Waals surface area contributed by atoms with Gasteiger partial charge in [-0.3, -0.25) is 14.4 Å². The van der Waals surface area contributed by atoms with Gasteiger partial charge < -0.3 is 9.88 Å². The van der Waals surface area contributed by atoms with Gasteiger partial charge in [-0.1, -0.05) is 12.2 Å². The summed E-state index contributed by atoms with van der Waals surface area (Å²) in [7, 11) is 0. The van der Waals surface area contributed by atoms with Crippen LogP contribution in [0.15, 0.2) is 54.8 Å². The fourth-order valence-corrected chi connectivity index (χ4v) is 5.41. The summed E-state index contributed by atoms with van der Waals surface area (Å²) in [5.74, 6) is -1.67. The Morgan fingerprint density at radius 2 is 1.86 bits per heavy atom. The van der Waals surface area contributed by atoms with Crippen molar-refractivity contribution in [2.75, 3.05) is 26.2 Å². The van der Waals surface area contributed by atoms with E-state index in [0.29, 0.717) is 38.3 Å². The molecule has 6 rings (SSSR count). The number of fused-ring (bicyclic) bond motifs is 1. The summed E-state index contributed by atoms with van der Waals surface area (Å²) in [6, 6.07) is 2.59. The third kappa shape index (κ3) is 4.43. The van der Waals surface area contributed by atoms with E-state index >= 15 is 0 Å². The van der Waals surface area contributed by atoms with Crippen molar-refractivity contribution in [3.05, 3.63) is 54.8 Å². The number of amides is 1. The highest BCUT2D eigenvalue weighted by atomic mass is 19.4. The molecule has 194 valence electrons. The number of carbonyl (C=O) groups is 1. The molecule has 1 saturated heterocycles. The fraction of sp³-hybridized carbons (Fsp3) is 0.440. The second kappa shape index (κ2) is 9.09. The Hall–Kier alpha value is -3.54. The number of nitrogens with zero attached hydrogens (tertiary/aromatic N) is 6. The number of nitrogens with one attached hydrogen (secondary N) is 1. The van der Waals surface area contributed by atoms with Gasteiger partial charge in [-0.05, 0) is 25.0 Å². The number of hydrogen-bond donors (Lipinski definition) is 1. The number of H-pyrrole nitrogens is 1. The number of alkyl halides is 4. The van der Waals surface area contributed by atoms with Gasteiger partial charge >= 0.3 is 6.18 Å². The Labute approximate surface area is 209 Å². The number of carbonyl (C=O) groups excluding carboxylic acids is 1. The number of aromatic amines is 1. The molecule has 0 bridgehead atoms. The second-order valence-electron chi connectivity index (χ2n) is 9.76. The quantitative estimate of drug-likeness (QED) is 0.536. The Morgan fingerprint density at radius 1 is 1.08 bits per heavy atom. The third-order valence-electron chi connectivity index (χ3n) is 7.61. The van der Waals surface area contributed by atoms with Crippen LogP contribution in [0.25, 0.3) is 22.3 Å². The summed E-state index contributed by atoms with van der Waals surface area (Å²) in [5.41, 5.74) is 1.50. The highest BCUT2D eigenvalue weighted by Crippen LogP contribution is 2.37. The molecule has 0 spiro atoms. The molecule has 4 heterocycles. The first-order valence-corrected chi connectivity index (χ1v) is 12.2. The smallest absolute Gasteiger partial charge is 0.346 e. The molecule has 0 radical (unpaired) electrons. The van der Waals surface area contributed by atoms with Gasteiger partial charge in [0.1, 0.15) is 18.1 Å². The van der Waals surface area contributed by atoms with Crippen molar-refractivity contribution in [1.29, 1.82) is 0 Å². The van der Waals surface area contributed by atoms with Crippen LogP contribution < -0.4 is 0 Å². The maximum absolute atomic E-state index is 14.4. The van der Waals surface area contributed by atoms with Gasteiger partial charge in [0, 0.05) is 55.6 Å². The van der Waals surface area contributed by atoms with Crippen LogP contribution in [0.5, 0.6) is 0 Å². The Kier molecular flexibility index (Phi) is 5.85. The number of halogens is 4. The molecule has 1 saturated carbocycles. The highest BCUT2D eigenvalue weighted by molar-refractivity contribution is 5.90. The lowest BCUT2D eigenvalue weighted by Gasteiger charge is -2.46. The van der Waals surface area contributed by atoms with E-state index in [2.05, 4.69) is 25.0 Å². The SMILES string of the molecule is O=C(C1C=CC(C(F)(F)F)=CC1F)N1CCN(C2CC(n3cc(-c4ncnc5[nH]ccc45)cn3)C2)CC1.